The molecule has 2 N–H and O–H groups in total. The molecule has 9 nitrogen and oxygen atoms in total. The molecule has 0 saturated carbocycles. The van der Waals surface area contributed by atoms with Crippen LogP contribution in [-0.4, -0.2) is 31.2 Å². The summed E-state index contributed by atoms with van der Waals surface area (Å²) < 4.78 is 9.64. The molecule has 1 aromatic heterocycles. The number of hydrogen-bond acceptors (Lipinski definition) is 7. The van der Waals surface area contributed by atoms with Gasteiger partial charge in [0.25, 0.3) is 0 Å². The van der Waals surface area contributed by atoms with Gasteiger partial charge in [-0.05, 0) is 24.3 Å². The number of nitrogens with zero attached hydrogens (tertiary/aromatic N) is 3. The minimum Gasteiger partial charge on any atom is -0.494 e. The van der Waals surface area contributed by atoms with Crippen LogP contribution < -0.4 is 10.6 Å². The monoisotopic (exact) mass is 349 g/mol. The van der Waals surface area contributed by atoms with E-state index in [2.05, 4.69) is 43.7 Å². The van der Waals surface area contributed by atoms with Gasteiger partial charge in [0.15, 0.2) is 5.82 Å². The highest BCUT2D eigenvalue weighted by molar-refractivity contribution is 5.90. The molecular weight excluding hydrogens is 326 g/mol. The van der Waals surface area contributed by atoms with Crippen LogP contribution in [0.5, 0.6) is 0 Å². The maximum Gasteiger partial charge on any atom is 0.412 e. The van der Waals surface area contributed by atoms with E-state index in [1.54, 1.807) is 0 Å². The first-order valence-corrected chi connectivity index (χ1v) is 7.03. The molecule has 136 valence electrons. The number of aromatic nitrogens is 1. The van der Waals surface area contributed by atoms with Crippen LogP contribution in [0.1, 0.15) is 9.78 Å². The number of hydrogen-bond donors (Lipinski definition) is 2. The zero-order valence-corrected chi connectivity index (χ0v) is 14.2. The second kappa shape index (κ2) is 9.60. The number of nitrogens with one attached hydrogen (secondary N) is 2. The van der Waals surface area contributed by atoms with Crippen LogP contribution >= 0.6 is 0 Å². The topological polar surface area (TPSA) is 114 Å². The van der Waals surface area contributed by atoms with Gasteiger partial charge in [0.05, 0.1) is 14.2 Å². The number of ether oxygens (including phenoxy) is 2. The van der Waals surface area contributed by atoms with E-state index in [4.69, 9.17) is 4.74 Å². The number of rotatable bonds is 7. The Balaban J connectivity index is 0. The minimum absolute atomic E-state index is 0. The van der Waals surface area contributed by atoms with Crippen molar-refractivity contribution in [2.75, 3.05) is 24.9 Å². The highest BCUT2D eigenvalue weighted by Gasteiger charge is 2.11. The number of carbonyl (C=O) groups excluding carboxylic acids is 2. The van der Waals surface area contributed by atoms with E-state index in [1.165, 1.54) is 45.4 Å². The van der Waals surface area contributed by atoms with Gasteiger partial charge in [-0.25, -0.2) is 9.78 Å². The Bertz CT molecular complexity index is 750. The predicted molar refractivity (Wildman–Crippen MR) is 97.7 cm³/mol. The van der Waals surface area contributed by atoms with E-state index in [9.17, 15) is 9.59 Å². The summed E-state index contributed by atoms with van der Waals surface area (Å²) in [6, 6.07) is 3.04. The number of anilines is 2. The van der Waals surface area contributed by atoms with Gasteiger partial charge >= 0.3 is 6.09 Å². The van der Waals surface area contributed by atoms with Gasteiger partial charge in [0.1, 0.15) is 23.0 Å². The van der Waals surface area contributed by atoms with Crippen molar-refractivity contribution in [2.45, 2.75) is 6.92 Å². The SMILES string of the molecule is C=C/C(N=Nc1ccc(NC(C)=O)nc1NC(=O)OC)=C(\C=C)OC.[HH].[HH]. The van der Waals surface area contributed by atoms with Crippen molar-refractivity contribution in [2.24, 2.45) is 10.2 Å². The number of allylic oxidation sites excluding steroid dienone is 2. The second-order valence-electron chi connectivity index (χ2n) is 4.42. The Morgan fingerprint density at radius 3 is 2.44 bits per heavy atom. The number of methoxy groups -OCH3 is 2. The highest BCUT2D eigenvalue weighted by Crippen LogP contribution is 2.26. The lowest BCUT2D eigenvalue weighted by Gasteiger charge is -2.08. The van der Waals surface area contributed by atoms with E-state index in [1.807, 2.05) is 0 Å². The number of azo groups is 1. The van der Waals surface area contributed by atoms with Crippen molar-refractivity contribution >= 4 is 29.3 Å². The Labute approximate surface area is 148 Å². The maximum atomic E-state index is 11.5. The van der Waals surface area contributed by atoms with Gasteiger partial charge in [-0.1, -0.05) is 13.2 Å². The van der Waals surface area contributed by atoms with Gasteiger partial charge in [0, 0.05) is 9.78 Å². The first kappa shape index (κ1) is 19.6. The van der Waals surface area contributed by atoms with Crippen LogP contribution in [0.15, 0.2) is 59.1 Å². The lowest BCUT2D eigenvalue weighted by atomic mass is 10.3. The summed E-state index contributed by atoms with van der Waals surface area (Å²) in [7, 11) is 2.67. The van der Waals surface area contributed by atoms with Gasteiger partial charge in [0.2, 0.25) is 5.91 Å². The number of amides is 2. The molecule has 1 heterocycles. The fourth-order valence-corrected chi connectivity index (χ4v) is 1.61. The number of carbonyl (C=O) groups is 2. The summed E-state index contributed by atoms with van der Waals surface area (Å²) in [5.74, 6) is 0.367. The largest absolute Gasteiger partial charge is 0.494 e. The molecule has 0 aliphatic carbocycles. The minimum atomic E-state index is -0.743. The van der Waals surface area contributed by atoms with Crippen molar-refractivity contribution in [3.63, 3.8) is 0 Å². The summed E-state index contributed by atoms with van der Waals surface area (Å²) in [4.78, 5) is 26.7. The Hall–Kier alpha value is -3.49. The van der Waals surface area contributed by atoms with Gasteiger partial charge < -0.3 is 14.8 Å². The van der Waals surface area contributed by atoms with Crippen LogP contribution in [0.2, 0.25) is 0 Å². The van der Waals surface area contributed by atoms with Crippen LogP contribution in [0, 0.1) is 0 Å². The highest BCUT2D eigenvalue weighted by atomic mass is 16.5. The number of pyridine rings is 1. The van der Waals surface area contributed by atoms with Crippen LogP contribution in [0.3, 0.4) is 0 Å². The molecule has 0 unspecified atom stereocenters. The maximum absolute atomic E-state index is 11.5. The molecule has 25 heavy (non-hydrogen) atoms. The summed E-state index contributed by atoms with van der Waals surface area (Å²) in [6.07, 6.45) is 2.16. The van der Waals surface area contributed by atoms with Gasteiger partial charge in [-0.15, -0.1) is 10.2 Å². The van der Waals surface area contributed by atoms with Crippen LogP contribution in [0.25, 0.3) is 0 Å². The smallest absolute Gasteiger partial charge is 0.412 e. The fraction of sp³-hybridized carbons (Fsp3) is 0.188. The van der Waals surface area contributed by atoms with Crippen molar-refractivity contribution in [3.05, 3.63) is 48.9 Å². The zero-order chi connectivity index (χ0) is 18.8. The van der Waals surface area contributed by atoms with E-state index in [-0.39, 0.29) is 26.1 Å². The Morgan fingerprint density at radius 2 is 1.92 bits per heavy atom. The molecule has 0 bridgehead atoms. The average Bonchev–Trinajstić information content (AvgIpc) is 2.59. The second-order valence-corrected chi connectivity index (χ2v) is 4.42. The van der Waals surface area contributed by atoms with Crippen LogP contribution in [0.4, 0.5) is 22.1 Å². The first-order chi connectivity index (χ1) is 11.9. The summed E-state index contributed by atoms with van der Waals surface area (Å²) in [5.41, 5.74) is 0.575. The lowest BCUT2D eigenvalue weighted by molar-refractivity contribution is -0.114. The van der Waals surface area contributed by atoms with E-state index >= 15 is 0 Å². The first-order valence-electron chi connectivity index (χ1n) is 7.03. The molecular formula is C16H23N5O4. The molecule has 0 aliphatic heterocycles. The molecule has 1 rings (SSSR count). The Kier molecular flexibility index (Phi) is 7.51. The molecule has 1 aromatic rings. The molecule has 0 aromatic carbocycles. The molecule has 2 amide bonds. The third-order valence-corrected chi connectivity index (χ3v) is 2.70. The average molecular weight is 349 g/mol. The molecule has 0 atom stereocenters. The van der Waals surface area contributed by atoms with Gasteiger partial charge in [-0.2, -0.15) is 0 Å². The van der Waals surface area contributed by atoms with E-state index in [0.29, 0.717) is 11.5 Å². The van der Waals surface area contributed by atoms with E-state index in [0.717, 1.165) is 0 Å². The third kappa shape index (κ3) is 5.90. The van der Waals surface area contributed by atoms with Crippen molar-refractivity contribution in [1.82, 2.24) is 4.98 Å². The van der Waals surface area contributed by atoms with Crippen molar-refractivity contribution < 1.29 is 21.9 Å². The van der Waals surface area contributed by atoms with Crippen LogP contribution in [-0.2, 0) is 14.3 Å². The van der Waals surface area contributed by atoms with E-state index < -0.39 is 6.09 Å². The molecule has 0 spiro atoms. The lowest BCUT2D eigenvalue weighted by Crippen LogP contribution is -2.14. The molecule has 0 fully saturated rings. The summed E-state index contributed by atoms with van der Waals surface area (Å²) in [5, 5.41) is 12.9. The normalized spacial score (nSPS) is 11.3. The van der Waals surface area contributed by atoms with Crippen molar-refractivity contribution in [3.8, 4) is 0 Å². The summed E-state index contributed by atoms with van der Waals surface area (Å²) >= 11 is 0. The quantitative estimate of drug-likeness (QED) is 0.438. The fourth-order valence-electron chi connectivity index (χ4n) is 1.61. The third-order valence-electron chi connectivity index (χ3n) is 2.70. The summed E-state index contributed by atoms with van der Waals surface area (Å²) in [6.45, 7) is 8.57. The molecule has 9 heteroatoms. The molecule has 0 radical (unpaired) electrons. The molecule has 0 aliphatic rings. The predicted octanol–water partition coefficient (Wildman–Crippen LogP) is 4.02. The Morgan fingerprint density at radius 1 is 1.20 bits per heavy atom. The van der Waals surface area contributed by atoms with Gasteiger partial charge in [-0.3, -0.25) is 10.1 Å². The van der Waals surface area contributed by atoms with Crippen molar-refractivity contribution in [1.29, 1.82) is 0 Å². The zero-order valence-electron chi connectivity index (χ0n) is 14.2. The standard InChI is InChI=1S/C16H19N5O4.2H2/c1-6-11(13(7-2)24-4)20-21-12-8-9-14(17-10(3)22)18-15(12)19-16(23)25-5;;/h6-9H,1-2H2,3-5H3,(H2,17,18,19,22,23);2*1H/b13-11-,21-20?;;. The molecule has 0 saturated heterocycles.